The molecule has 3 aromatic rings. The first-order chi connectivity index (χ1) is 15.0. The molecule has 2 amide bonds. The van der Waals surface area contributed by atoms with Gasteiger partial charge in [-0.2, -0.15) is 0 Å². The Kier molecular flexibility index (Phi) is 6.31. The van der Waals surface area contributed by atoms with E-state index in [1.165, 1.54) is 47.7 Å². The van der Waals surface area contributed by atoms with Crippen LogP contribution in [0, 0.1) is 11.6 Å². The molecule has 1 aliphatic rings. The minimum absolute atomic E-state index is 0.00999. The number of hydrogen-bond donors (Lipinski definition) is 1. The van der Waals surface area contributed by atoms with Crippen molar-refractivity contribution in [2.75, 3.05) is 18.4 Å². The quantitative estimate of drug-likeness (QED) is 0.648. The van der Waals surface area contributed by atoms with Crippen LogP contribution in [-0.2, 0) is 11.2 Å². The fraction of sp³-hybridized carbons (Fsp3) is 0.273. The highest BCUT2D eigenvalue weighted by atomic mass is 32.1. The third-order valence-electron chi connectivity index (χ3n) is 5.13. The lowest BCUT2D eigenvalue weighted by Crippen LogP contribution is -2.39. The maximum atomic E-state index is 13.1. The smallest absolute Gasteiger partial charge is 0.286 e. The summed E-state index contributed by atoms with van der Waals surface area (Å²) in [6.07, 6.45) is 1.90. The van der Waals surface area contributed by atoms with Crippen LogP contribution in [0.25, 0.3) is 0 Å². The molecule has 0 radical (unpaired) electrons. The highest BCUT2D eigenvalue weighted by Crippen LogP contribution is 2.29. The van der Waals surface area contributed by atoms with E-state index < -0.39 is 5.91 Å². The van der Waals surface area contributed by atoms with Gasteiger partial charge in [-0.15, -0.1) is 10.2 Å². The molecule has 1 saturated heterocycles. The number of nitrogens with zero attached hydrogens (tertiary/aromatic N) is 3. The molecule has 6 nitrogen and oxygen atoms in total. The highest BCUT2D eigenvalue weighted by Gasteiger charge is 2.28. The molecular formula is C22H20F2N4O2S. The molecule has 2 heterocycles. The summed E-state index contributed by atoms with van der Waals surface area (Å²) in [4.78, 5) is 26.9. The minimum Gasteiger partial charge on any atom is -0.342 e. The number of nitrogens with one attached hydrogen (secondary N) is 1. The summed E-state index contributed by atoms with van der Waals surface area (Å²) in [5, 5.41) is 11.8. The molecule has 0 unspecified atom stereocenters. The monoisotopic (exact) mass is 442 g/mol. The normalized spacial score (nSPS) is 16.2. The molecule has 0 aliphatic carbocycles. The third-order valence-corrected chi connectivity index (χ3v) is 6.21. The predicted octanol–water partition coefficient (Wildman–Crippen LogP) is 4.02. The molecule has 0 spiro atoms. The number of halogens is 2. The van der Waals surface area contributed by atoms with Gasteiger partial charge in [0.05, 0.1) is 6.42 Å². The standard InChI is InChI=1S/C22H20F2N4O2S/c23-16-5-3-14(4-6-16)12-19(29)28-11-1-2-15(13-28)21-26-27-22(31-21)20(30)25-18-9-7-17(24)8-10-18/h3-10,15H,1-2,11-13H2,(H,25,30)/t15-/m1/s1. The zero-order valence-corrected chi connectivity index (χ0v) is 17.4. The Labute approximate surface area is 181 Å². The summed E-state index contributed by atoms with van der Waals surface area (Å²) in [7, 11) is 0. The van der Waals surface area contributed by atoms with E-state index in [-0.39, 0.29) is 34.9 Å². The van der Waals surface area contributed by atoms with Gasteiger partial charge in [0, 0.05) is 24.7 Å². The number of benzene rings is 2. The van der Waals surface area contributed by atoms with E-state index in [2.05, 4.69) is 15.5 Å². The van der Waals surface area contributed by atoms with Crippen molar-refractivity contribution in [3.63, 3.8) is 0 Å². The lowest BCUT2D eigenvalue weighted by Gasteiger charge is -2.31. The van der Waals surface area contributed by atoms with Crippen LogP contribution >= 0.6 is 11.3 Å². The van der Waals surface area contributed by atoms with Crippen LogP contribution in [0.3, 0.4) is 0 Å². The maximum Gasteiger partial charge on any atom is 0.286 e. The SMILES string of the molecule is O=C(Nc1ccc(F)cc1)c1nnc([C@@H]2CCCN(C(=O)Cc3ccc(F)cc3)C2)s1. The van der Waals surface area contributed by atoms with Crippen LogP contribution in [0.1, 0.15) is 39.1 Å². The van der Waals surface area contributed by atoms with Gasteiger partial charge in [-0.25, -0.2) is 8.78 Å². The fourth-order valence-corrected chi connectivity index (χ4v) is 4.37. The molecule has 4 rings (SSSR count). The van der Waals surface area contributed by atoms with Crippen molar-refractivity contribution in [3.8, 4) is 0 Å². The first kappa shape index (κ1) is 21.0. The van der Waals surface area contributed by atoms with Gasteiger partial charge in [-0.3, -0.25) is 9.59 Å². The Hall–Kier alpha value is -3.20. The molecule has 1 N–H and O–H groups in total. The number of hydrogen-bond acceptors (Lipinski definition) is 5. The molecular weight excluding hydrogens is 422 g/mol. The van der Waals surface area contributed by atoms with Crippen molar-refractivity contribution < 1.29 is 18.4 Å². The summed E-state index contributed by atoms with van der Waals surface area (Å²) >= 11 is 1.20. The van der Waals surface area contributed by atoms with Gasteiger partial charge in [0.25, 0.3) is 5.91 Å². The van der Waals surface area contributed by atoms with Gasteiger partial charge < -0.3 is 10.2 Å². The second kappa shape index (κ2) is 9.30. The van der Waals surface area contributed by atoms with Gasteiger partial charge in [0.2, 0.25) is 10.9 Å². The molecule has 160 valence electrons. The number of aromatic nitrogens is 2. The van der Waals surface area contributed by atoms with Crippen LogP contribution in [-0.4, -0.2) is 40.0 Å². The van der Waals surface area contributed by atoms with Crippen LogP contribution in [0.5, 0.6) is 0 Å². The second-order valence-electron chi connectivity index (χ2n) is 7.39. The lowest BCUT2D eigenvalue weighted by molar-refractivity contribution is -0.131. The van der Waals surface area contributed by atoms with Gasteiger partial charge in [0.1, 0.15) is 16.6 Å². The maximum absolute atomic E-state index is 13.1. The zero-order valence-electron chi connectivity index (χ0n) is 16.6. The minimum atomic E-state index is -0.407. The summed E-state index contributed by atoms with van der Waals surface area (Å²) in [5.74, 6) is -1.13. The average molecular weight is 442 g/mol. The lowest BCUT2D eigenvalue weighted by atomic mass is 9.98. The average Bonchev–Trinajstić information content (AvgIpc) is 3.28. The van der Waals surface area contributed by atoms with Crippen LogP contribution in [0.4, 0.5) is 14.5 Å². The Morgan fingerprint density at radius 2 is 1.71 bits per heavy atom. The second-order valence-corrected chi connectivity index (χ2v) is 8.40. The summed E-state index contributed by atoms with van der Waals surface area (Å²) in [6, 6.07) is 11.4. The van der Waals surface area contributed by atoms with E-state index >= 15 is 0 Å². The largest absolute Gasteiger partial charge is 0.342 e. The number of carbonyl (C=O) groups excluding carboxylic acids is 2. The number of piperidine rings is 1. The van der Waals surface area contributed by atoms with Crippen molar-refractivity contribution in [1.82, 2.24) is 15.1 Å². The van der Waals surface area contributed by atoms with Crippen molar-refractivity contribution >= 4 is 28.8 Å². The van der Waals surface area contributed by atoms with E-state index in [1.807, 2.05) is 0 Å². The summed E-state index contributed by atoms with van der Waals surface area (Å²) < 4.78 is 26.1. The van der Waals surface area contributed by atoms with Crippen molar-refractivity contribution in [1.29, 1.82) is 0 Å². The van der Waals surface area contributed by atoms with E-state index in [1.54, 1.807) is 17.0 Å². The van der Waals surface area contributed by atoms with E-state index in [0.29, 0.717) is 23.8 Å². The Bertz CT molecular complexity index is 1070. The number of rotatable bonds is 5. The molecule has 2 aromatic carbocycles. The van der Waals surface area contributed by atoms with Gasteiger partial charge in [-0.05, 0) is 54.8 Å². The number of amides is 2. The Morgan fingerprint density at radius 3 is 2.42 bits per heavy atom. The van der Waals surface area contributed by atoms with Crippen LogP contribution in [0.2, 0.25) is 0 Å². The van der Waals surface area contributed by atoms with Crippen molar-refractivity contribution in [2.24, 2.45) is 0 Å². The Morgan fingerprint density at radius 1 is 1.03 bits per heavy atom. The van der Waals surface area contributed by atoms with Crippen LogP contribution < -0.4 is 5.32 Å². The molecule has 1 aliphatic heterocycles. The van der Waals surface area contributed by atoms with E-state index in [0.717, 1.165) is 18.4 Å². The molecule has 0 bridgehead atoms. The molecule has 0 saturated carbocycles. The molecule has 1 fully saturated rings. The topological polar surface area (TPSA) is 75.2 Å². The molecule has 1 atom stereocenters. The van der Waals surface area contributed by atoms with E-state index in [9.17, 15) is 18.4 Å². The van der Waals surface area contributed by atoms with Gasteiger partial charge in [0.15, 0.2) is 0 Å². The molecule has 1 aromatic heterocycles. The number of anilines is 1. The van der Waals surface area contributed by atoms with Crippen molar-refractivity contribution in [2.45, 2.75) is 25.2 Å². The predicted molar refractivity (Wildman–Crippen MR) is 113 cm³/mol. The van der Waals surface area contributed by atoms with Gasteiger partial charge >= 0.3 is 0 Å². The highest BCUT2D eigenvalue weighted by molar-refractivity contribution is 7.13. The summed E-state index contributed by atoms with van der Waals surface area (Å²) in [6.45, 7) is 1.17. The third kappa shape index (κ3) is 5.29. The first-order valence-electron chi connectivity index (χ1n) is 9.90. The molecule has 9 heteroatoms. The summed E-state index contributed by atoms with van der Waals surface area (Å²) in [5.41, 5.74) is 1.24. The fourth-order valence-electron chi connectivity index (χ4n) is 3.50. The van der Waals surface area contributed by atoms with E-state index in [4.69, 9.17) is 0 Å². The first-order valence-corrected chi connectivity index (χ1v) is 10.7. The number of likely N-dealkylation sites (tertiary alicyclic amines) is 1. The Balaban J connectivity index is 1.37. The molecule has 31 heavy (non-hydrogen) atoms. The zero-order chi connectivity index (χ0) is 21.8. The van der Waals surface area contributed by atoms with Crippen LogP contribution in [0.15, 0.2) is 48.5 Å². The van der Waals surface area contributed by atoms with Crippen molar-refractivity contribution in [3.05, 3.63) is 75.7 Å². The number of carbonyl (C=O) groups is 2. The van der Waals surface area contributed by atoms with Gasteiger partial charge in [-0.1, -0.05) is 23.5 Å².